The fourth-order valence-electron chi connectivity index (χ4n) is 2.83. The molecule has 6 nitrogen and oxygen atoms in total. The number of hydrogen-bond acceptors (Lipinski definition) is 5. The zero-order chi connectivity index (χ0) is 15.6. The number of rotatable bonds is 4. The van der Waals surface area contributed by atoms with Crippen molar-refractivity contribution in [2.45, 2.75) is 18.8 Å². The average Bonchev–Trinajstić information content (AvgIpc) is 3.28. The van der Waals surface area contributed by atoms with Gasteiger partial charge in [0.2, 0.25) is 0 Å². The van der Waals surface area contributed by atoms with Crippen LogP contribution in [0.2, 0.25) is 0 Å². The van der Waals surface area contributed by atoms with E-state index in [1.54, 1.807) is 6.07 Å². The molecule has 4 rings (SSSR count). The first-order valence-electron chi connectivity index (χ1n) is 7.61. The number of aromatic nitrogens is 4. The molecule has 1 aromatic carbocycles. The van der Waals surface area contributed by atoms with Gasteiger partial charge >= 0.3 is 0 Å². The van der Waals surface area contributed by atoms with E-state index in [2.05, 4.69) is 25.7 Å². The first-order chi connectivity index (χ1) is 11.3. The summed E-state index contributed by atoms with van der Waals surface area (Å²) in [6.07, 6.45) is 1.52. The summed E-state index contributed by atoms with van der Waals surface area (Å²) in [4.78, 5) is 4.35. The molecular formula is C16H17ClFN5O. The van der Waals surface area contributed by atoms with Crippen LogP contribution in [0, 0.1) is 5.82 Å². The monoisotopic (exact) mass is 349 g/mol. The predicted molar refractivity (Wildman–Crippen MR) is 88.6 cm³/mol. The van der Waals surface area contributed by atoms with Gasteiger partial charge in [0.1, 0.15) is 5.82 Å². The summed E-state index contributed by atoms with van der Waals surface area (Å²) in [6.45, 7) is 1.98. The van der Waals surface area contributed by atoms with Crippen molar-refractivity contribution in [2.75, 3.05) is 13.1 Å². The van der Waals surface area contributed by atoms with Crippen LogP contribution in [-0.4, -0.2) is 33.4 Å². The lowest BCUT2D eigenvalue weighted by Crippen LogP contribution is -2.08. The molecule has 0 saturated carbocycles. The highest BCUT2D eigenvalue weighted by Gasteiger charge is 2.20. The largest absolute Gasteiger partial charge is 0.332 e. The van der Waals surface area contributed by atoms with Crippen molar-refractivity contribution < 1.29 is 8.91 Å². The Hall–Kier alpha value is -2.25. The van der Waals surface area contributed by atoms with E-state index in [1.165, 1.54) is 12.1 Å². The zero-order valence-electron chi connectivity index (χ0n) is 12.8. The molecule has 0 amide bonds. The minimum absolute atomic E-state index is 0. The Kier molecular flexibility index (Phi) is 4.92. The van der Waals surface area contributed by atoms with Crippen LogP contribution in [0.5, 0.6) is 0 Å². The van der Waals surface area contributed by atoms with E-state index in [-0.39, 0.29) is 18.2 Å². The Labute approximate surface area is 144 Å². The normalized spacial score (nSPS) is 17.0. The Morgan fingerprint density at radius 2 is 2.21 bits per heavy atom. The van der Waals surface area contributed by atoms with Gasteiger partial charge in [-0.3, -0.25) is 5.10 Å². The first kappa shape index (κ1) is 16.6. The maximum absolute atomic E-state index is 13.2. The van der Waals surface area contributed by atoms with E-state index in [0.717, 1.165) is 30.8 Å². The number of H-pyrrole nitrogens is 1. The quantitative estimate of drug-likeness (QED) is 0.757. The lowest BCUT2D eigenvalue weighted by Gasteiger charge is -2.02. The molecule has 1 fully saturated rings. The second-order valence-electron chi connectivity index (χ2n) is 5.72. The Morgan fingerprint density at radius 1 is 1.29 bits per heavy atom. The zero-order valence-corrected chi connectivity index (χ0v) is 13.6. The Morgan fingerprint density at radius 3 is 3.00 bits per heavy atom. The molecule has 2 N–H and O–H groups in total. The first-order valence-corrected chi connectivity index (χ1v) is 7.61. The molecule has 3 heterocycles. The van der Waals surface area contributed by atoms with Gasteiger partial charge in [-0.1, -0.05) is 17.3 Å². The summed E-state index contributed by atoms with van der Waals surface area (Å²) >= 11 is 0. The van der Waals surface area contributed by atoms with Crippen LogP contribution in [-0.2, 0) is 6.42 Å². The maximum atomic E-state index is 13.2. The highest BCUT2D eigenvalue weighted by atomic mass is 35.5. The van der Waals surface area contributed by atoms with Gasteiger partial charge in [-0.05, 0) is 36.7 Å². The number of nitrogens with one attached hydrogen (secondary N) is 2. The Balaban J connectivity index is 0.00000169. The molecule has 24 heavy (non-hydrogen) atoms. The summed E-state index contributed by atoms with van der Waals surface area (Å²) < 4.78 is 18.5. The maximum Gasteiger partial charge on any atom is 0.278 e. The van der Waals surface area contributed by atoms with Crippen molar-refractivity contribution in [2.24, 2.45) is 0 Å². The molecule has 126 valence electrons. The third-order valence-electron chi connectivity index (χ3n) is 4.04. The summed E-state index contributed by atoms with van der Waals surface area (Å²) in [6, 6.07) is 8.33. The molecule has 1 unspecified atom stereocenters. The Bertz CT molecular complexity index is 812. The smallest absolute Gasteiger partial charge is 0.278 e. The van der Waals surface area contributed by atoms with E-state index in [1.807, 2.05) is 12.1 Å². The second kappa shape index (κ2) is 7.11. The van der Waals surface area contributed by atoms with Crippen molar-refractivity contribution >= 4 is 12.4 Å². The molecule has 0 aliphatic carbocycles. The van der Waals surface area contributed by atoms with Crippen LogP contribution >= 0.6 is 12.4 Å². The van der Waals surface area contributed by atoms with Gasteiger partial charge in [-0.15, -0.1) is 12.4 Å². The molecule has 0 bridgehead atoms. The number of nitrogens with zero attached hydrogens (tertiary/aromatic N) is 3. The van der Waals surface area contributed by atoms with E-state index < -0.39 is 0 Å². The summed E-state index contributed by atoms with van der Waals surface area (Å²) in [5.41, 5.74) is 2.52. The van der Waals surface area contributed by atoms with Crippen molar-refractivity contribution in [1.82, 2.24) is 25.7 Å². The molecule has 0 radical (unpaired) electrons. The highest BCUT2D eigenvalue weighted by Crippen LogP contribution is 2.24. The van der Waals surface area contributed by atoms with Crippen LogP contribution in [0.4, 0.5) is 4.39 Å². The van der Waals surface area contributed by atoms with Crippen molar-refractivity contribution in [3.63, 3.8) is 0 Å². The molecule has 1 atom stereocenters. The van der Waals surface area contributed by atoms with Crippen LogP contribution in [0.1, 0.15) is 29.4 Å². The minimum atomic E-state index is -0.270. The molecule has 3 aromatic rings. The topological polar surface area (TPSA) is 79.6 Å². The van der Waals surface area contributed by atoms with Gasteiger partial charge in [0, 0.05) is 24.6 Å². The fourth-order valence-corrected chi connectivity index (χ4v) is 2.83. The fraction of sp³-hybridized carbons (Fsp3) is 0.312. The number of hydrogen-bond donors (Lipinski definition) is 2. The number of halogens is 2. The van der Waals surface area contributed by atoms with Gasteiger partial charge in [0.25, 0.3) is 5.89 Å². The van der Waals surface area contributed by atoms with Gasteiger partial charge in [-0.2, -0.15) is 10.1 Å². The van der Waals surface area contributed by atoms with Gasteiger partial charge in [0.05, 0.1) is 0 Å². The minimum Gasteiger partial charge on any atom is -0.332 e. The van der Waals surface area contributed by atoms with Crippen LogP contribution in [0.15, 0.2) is 34.9 Å². The molecule has 2 aromatic heterocycles. The molecule has 1 aliphatic rings. The standard InChI is InChI=1S/C16H16FN5O.ClH/c17-12-3-1-2-10(6-12)7-15-19-16(23-22-15)14-8-13(20-21-14)11-4-5-18-9-11;/h1-3,6,8,11,18H,4-5,7,9H2,(H,20,21);1H. The van der Waals surface area contributed by atoms with E-state index >= 15 is 0 Å². The highest BCUT2D eigenvalue weighted by molar-refractivity contribution is 5.85. The molecule has 8 heteroatoms. The molecule has 0 spiro atoms. The summed E-state index contributed by atoms with van der Waals surface area (Å²) in [5.74, 6) is 1.07. The molecule has 1 saturated heterocycles. The summed E-state index contributed by atoms with van der Waals surface area (Å²) in [5, 5.41) is 14.6. The SMILES string of the molecule is Cl.Fc1cccc(Cc2noc(-c3cc(C4CCNC4)[nH]n3)n2)c1. The van der Waals surface area contributed by atoms with E-state index in [0.29, 0.717) is 29.7 Å². The van der Waals surface area contributed by atoms with E-state index in [9.17, 15) is 4.39 Å². The lowest BCUT2D eigenvalue weighted by molar-refractivity contribution is 0.422. The van der Waals surface area contributed by atoms with Gasteiger partial charge in [0.15, 0.2) is 11.5 Å². The number of benzene rings is 1. The third-order valence-corrected chi connectivity index (χ3v) is 4.04. The van der Waals surface area contributed by atoms with Crippen molar-refractivity contribution in [3.8, 4) is 11.6 Å². The number of aromatic amines is 1. The van der Waals surface area contributed by atoms with Crippen molar-refractivity contribution in [3.05, 3.63) is 53.2 Å². The van der Waals surface area contributed by atoms with Crippen LogP contribution in [0.25, 0.3) is 11.6 Å². The van der Waals surface area contributed by atoms with Crippen molar-refractivity contribution in [1.29, 1.82) is 0 Å². The summed E-state index contributed by atoms with van der Waals surface area (Å²) in [7, 11) is 0. The van der Waals surface area contributed by atoms with Crippen LogP contribution < -0.4 is 5.32 Å². The molecule has 1 aliphatic heterocycles. The van der Waals surface area contributed by atoms with Crippen LogP contribution in [0.3, 0.4) is 0 Å². The predicted octanol–water partition coefficient (Wildman–Crippen LogP) is 2.69. The van der Waals surface area contributed by atoms with Gasteiger partial charge in [-0.25, -0.2) is 4.39 Å². The van der Waals surface area contributed by atoms with Gasteiger partial charge < -0.3 is 9.84 Å². The lowest BCUT2D eigenvalue weighted by atomic mass is 10.1. The second-order valence-corrected chi connectivity index (χ2v) is 5.72. The average molecular weight is 350 g/mol. The third kappa shape index (κ3) is 3.47. The molecular weight excluding hydrogens is 333 g/mol. The van der Waals surface area contributed by atoms with E-state index in [4.69, 9.17) is 4.52 Å².